The lowest BCUT2D eigenvalue weighted by molar-refractivity contribution is 0.143. The van der Waals surface area contributed by atoms with Crippen molar-refractivity contribution >= 4 is 5.96 Å². The second-order valence-electron chi connectivity index (χ2n) is 6.72. The third kappa shape index (κ3) is 9.90. The summed E-state index contributed by atoms with van der Waals surface area (Å²) in [6.45, 7) is 14.4. The molecule has 28 heavy (non-hydrogen) atoms. The third-order valence-electron chi connectivity index (χ3n) is 4.52. The summed E-state index contributed by atoms with van der Waals surface area (Å²) in [5, 5.41) is 6.83. The Morgan fingerprint density at radius 1 is 1.25 bits per heavy atom. The van der Waals surface area contributed by atoms with E-state index in [-0.39, 0.29) is 0 Å². The Labute approximate surface area is 170 Å². The number of nitrogens with zero attached hydrogens (tertiary/aromatic N) is 3. The molecule has 1 unspecified atom stereocenters. The van der Waals surface area contributed by atoms with Gasteiger partial charge in [-0.1, -0.05) is 19.9 Å². The quantitative estimate of drug-likeness (QED) is 0.288. The van der Waals surface area contributed by atoms with E-state index in [0.29, 0.717) is 31.7 Å². The van der Waals surface area contributed by atoms with Gasteiger partial charge in [-0.15, -0.1) is 0 Å². The van der Waals surface area contributed by atoms with Crippen molar-refractivity contribution < 1.29 is 9.47 Å². The molecule has 0 radical (unpaired) electrons. The van der Waals surface area contributed by atoms with Gasteiger partial charge >= 0.3 is 0 Å². The molecule has 0 bridgehead atoms. The van der Waals surface area contributed by atoms with E-state index in [4.69, 9.17) is 14.5 Å². The highest BCUT2D eigenvalue weighted by Crippen LogP contribution is 2.15. The third-order valence-corrected chi connectivity index (χ3v) is 4.52. The normalized spacial score (nSPS) is 12.9. The molecule has 1 aromatic heterocycles. The van der Waals surface area contributed by atoms with E-state index in [2.05, 4.69) is 48.2 Å². The van der Waals surface area contributed by atoms with Gasteiger partial charge in [-0.25, -0.2) is 9.98 Å². The molecule has 0 spiro atoms. The van der Waals surface area contributed by atoms with Gasteiger partial charge in [0.2, 0.25) is 5.88 Å². The number of hydrogen-bond acceptors (Lipinski definition) is 5. The smallest absolute Gasteiger partial charge is 0.218 e. The highest BCUT2D eigenvalue weighted by Gasteiger charge is 2.08. The van der Waals surface area contributed by atoms with Crippen LogP contribution in [0, 0.1) is 0 Å². The number of pyridine rings is 1. The molecule has 2 N–H and O–H groups in total. The number of methoxy groups -OCH3 is 1. The van der Waals surface area contributed by atoms with Gasteiger partial charge in [0.05, 0.1) is 13.2 Å². The summed E-state index contributed by atoms with van der Waals surface area (Å²) in [5.41, 5.74) is 0.963. The van der Waals surface area contributed by atoms with Crippen molar-refractivity contribution in [2.24, 2.45) is 4.99 Å². The zero-order valence-electron chi connectivity index (χ0n) is 18.3. The molecule has 1 heterocycles. The summed E-state index contributed by atoms with van der Waals surface area (Å²) < 4.78 is 10.7. The van der Waals surface area contributed by atoms with Crippen LogP contribution in [0.3, 0.4) is 0 Å². The Morgan fingerprint density at radius 3 is 2.71 bits per heavy atom. The fraction of sp³-hybridized carbons (Fsp3) is 0.714. The molecule has 0 aromatic carbocycles. The molecule has 1 aromatic rings. The fourth-order valence-electron chi connectivity index (χ4n) is 2.85. The Bertz CT molecular complexity index is 549. The Morgan fingerprint density at radius 2 is 2.04 bits per heavy atom. The summed E-state index contributed by atoms with van der Waals surface area (Å²) in [7, 11) is 1.66. The van der Waals surface area contributed by atoms with Gasteiger partial charge in [-0.2, -0.15) is 0 Å². The zero-order valence-corrected chi connectivity index (χ0v) is 18.3. The van der Waals surface area contributed by atoms with Crippen LogP contribution >= 0.6 is 0 Å². The van der Waals surface area contributed by atoms with E-state index in [1.54, 1.807) is 13.3 Å². The zero-order chi connectivity index (χ0) is 20.6. The van der Waals surface area contributed by atoms with Gasteiger partial charge in [-0.05, 0) is 52.4 Å². The van der Waals surface area contributed by atoms with Gasteiger partial charge in [0.25, 0.3) is 0 Å². The minimum atomic E-state index is 0.361. The van der Waals surface area contributed by atoms with Gasteiger partial charge in [0.15, 0.2) is 5.96 Å². The first-order chi connectivity index (χ1) is 13.6. The number of aliphatic imine (C=N–C) groups is 1. The van der Waals surface area contributed by atoms with Gasteiger partial charge in [0.1, 0.15) is 6.61 Å². The molecule has 0 aliphatic heterocycles. The molecule has 1 rings (SSSR count). The molecular formula is C21H39N5O2. The van der Waals surface area contributed by atoms with Crippen LogP contribution in [0.15, 0.2) is 23.3 Å². The number of nitrogens with one attached hydrogen (secondary N) is 2. The summed E-state index contributed by atoms with van der Waals surface area (Å²) >= 11 is 0. The van der Waals surface area contributed by atoms with E-state index in [9.17, 15) is 0 Å². The summed E-state index contributed by atoms with van der Waals surface area (Å²) in [6.07, 6.45) is 4.02. The topological polar surface area (TPSA) is 71.0 Å². The minimum Gasteiger partial charge on any atom is -0.475 e. The van der Waals surface area contributed by atoms with Crippen LogP contribution in [0.25, 0.3) is 0 Å². The maximum atomic E-state index is 5.70. The second-order valence-corrected chi connectivity index (χ2v) is 6.72. The van der Waals surface area contributed by atoms with Crippen molar-refractivity contribution in [3.63, 3.8) is 0 Å². The molecule has 7 nitrogen and oxygen atoms in total. The van der Waals surface area contributed by atoms with Crippen LogP contribution < -0.4 is 15.4 Å². The molecule has 0 aliphatic rings. The van der Waals surface area contributed by atoms with Crippen LogP contribution in [0.2, 0.25) is 0 Å². The van der Waals surface area contributed by atoms with Gasteiger partial charge in [-0.3, -0.25) is 0 Å². The lowest BCUT2D eigenvalue weighted by Crippen LogP contribution is -2.42. The fourth-order valence-corrected chi connectivity index (χ4v) is 2.85. The molecule has 0 saturated heterocycles. The number of rotatable bonds is 14. The van der Waals surface area contributed by atoms with E-state index in [1.807, 2.05) is 12.1 Å². The van der Waals surface area contributed by atoms with Crippen molar-refractivity contribution in [1.82, 2.24) is 20.5 Å². The monoisotopic (exact) mass is 393 g/mol. The highest BCUT2D eigenvalue weighted by molar-refractivity contribution is 5.80. The van der Waals surface area contributed by atoms with Crippen molar-refractivity contribution in [3.8, 4) is 5.88 Å². The van der Waals surface area contributed by atoms with Crippen molar-refractivity contribution in [2.45, 2.75) is 53.1 Å². The molecular weight excluding hydrogens is 354 g/mol. The number of ether oxygens (including phenoxy) is 2. The van der Waals surface area contributed by atoms with Gasteiger partial charge < -0.3 is 25.0 Å². The van der Waals surface area contributed by atoms with Crippen LogP contribution in [-0.4, -0.2) is 68.4 Å². The molecule has 7 heteroatoms. The maximum absolute atomic E-state index is 5.70. The number of guanidine groups is 1. The molecule has 0 saturated carbocycles. The van der Waals surface area contributed by atoms with Crippen molar-refractivity contribution in [2.75, 3.05) is 46.5 Å². The predicted molar refractivity (Wildman–Crippen MR) is 116 cm³/mol. The standard InChI is InChI=1S/C21H39N5O2/c1-6-22-21(25-18(4)11-10-14-26(7-2)8-3)24-17-19-12-9-13-23-20(19)28-16-15-27-5/h9,12-13,18H,6-8,10-11,14-17H2,1-5H3,(H2,22,24,25). The maximum Gasteiger partial charge on any atom is 0.218 e. The molecule has 0 fully saturated rings. The summed E-state index contributed by atoms with van der Waals surface area (Å²) in [5.74, 6) is 1.44. The first-order valence-corrected chi connectivity index (χ1v) is 10.5. The minimum absolute atomic E-state index is 0.361. The highest BCUT2D eigenvalue weighted by atomic mass is 16.5. The predicted octanol–water partition coefficient (Wildman–Crippen LogP) is 2.67. The average molecular weight is 394 g/mol. The molecule has 160 valence electrons. The van der Waals surface area contributed by atoms with Crippen molar-refractivity contribution in [3.05, 3.63) is 23.9 Å². The first kappa shape index (κ1) is 24.2. The average Bonchev–Trinajstić information content (AvgIpc) is 2.70. The lowest BCUT2D eigenvalue weighted by atomic mass is 10.2. The van der Waals surface area contributed by atoms with Crippen LogP contribution in [0.5, 0.6) is 5.88 Å². The van der Waals surface area contributed by atoms with Crippen molar-refractivity contribution in [1.29, 1.82) is 0 Å². The Balaban J connectivity index is 2.59. The van der Waals surface area contributed by atoms with Gasteiger partial charge in [0, 0.05) is 31.5 Å². The van der Waals surface area contributed by atoms with E-state index in [0.717, 1.165) is 44.1 Å². The Kier molecular flexibility index (Phi) is 13.0. The largest absolute Gasteiger partial charge is 0.475 e. The van der Waals surface area contributed by atoms with E-state index < -0.39 is 0 Å². The summed E-state index contributed by atoms with van der Waals surface area (Å²) in [6, 6.07) is 4.26. The molecule has 0 aliphatic carbocycles. The summed E-state index contributed by atoms with van der Waals surface area (Å²) in [4.78, 5) is 11.5. The Hall–Kier alpha value is -1.86. The van der Waals surface area contributed by atoms with E-state index >= 15 is 0 Å². The molecule has 0 amide bonds. The number of aromatic nitrogens is 1. The first-order valence-electron chi connectivity index (χ1n) is 10.5. The number of hydrogen-bond donors (Lipinski definition) is 2. The van der Waals surface area contributed by atoms with Crippen LogP contribution in [0.4, 0.5) is 0 Å². The van der Waals surface area contributed by atoms with Crippen LogP contribution in [0.1, 0.15) is 46.1 Å². The second kappa shape index (κ2) is 15.1. The SMILES string of the molecule is CCNC(=NCc1cccnc1OCCOC)NC(C)CCCN(CC)CC. The lowest BCUT2D eigenvalue weighted by Gasteiger charge is -2.21. The van der Waals surface area contributed by atoms with Crippen LogP contribution in [-0.2, 0) is 11.3 Å². The molecule has 1 atom stereocenters. The van der Waals surface area contributed by atoms with E-state index in [1.165, 1.54) is 6.42 Å².